The van der Waals surface area contributed by atoms with Crippen LogP contribution in [0.1, 0.15) is 25.2 Å². The Balaban J connectivity index is 2.33. The molecule has 0 aromatic carbocycles. The molecular formula is C13H25N5O2S. The number of aryl methyl sites for hydroxylation is 1. The molecule has 120 valence electrons. The molecule has 0 amide bonds. The SMILES string of the molecule is CCNCc1n[nH]c(C)c1S(=O)(=O)N1CCN(C)CC1C. The lowest BCUT2D eigenvalue weighted by atomic mass is 10.2. The number of hydrogen-bond acceptors (Lipinski definition) is 5. The average molecular weight is 315 g/mol. The summed E-state index contributed by atoms with van der Waals surface area (Å²) in [4.78, 5) is 2.48. The second-order valence-electron chi connectivity index (χ2n) is 5.63. The first-order valence-corrected chi connectivity index (χ1v) is 8.76. The summed E-state index contributed by atoms with van der Waals surface area (Å²) in [6.07, 6.45) is 0. The first-order chi connectivity index (χ1) is 9.87. The van der Waals surface area contributed by atoms with Crippen LogP contribution in [0.4, 0.5) is 0 Å². The molecule has 7 nitrogen and oxygen atoms in total. The lowest BCUT2D eigenvalue weighted by Crippen LogP contribution is -2.52. The van der Waals surface area contributed by atoms with Crippen LogP contribution in [0.15, 0.2) is 4.90 Å². The molecule has 0 bridgehead atoms. The lowest BCUT2D eigenvalue weighted by Gasteiger charge is -2.37. The lowest BCUT2D eigenvalue weighted by molar-refractivity contribution is 0.170. The van der Waals surface area contributed by atoms with Crippen molar-refractivity contribution in [2.75, 3.05) is 33.2 Å². The van der Waals surface area contributed by atoms with Gasteiger partial charge in [-0.1, -0.05) is 6.92 Å². The fourth-order valence-corrected chi connectivity index (χ4v) is 4.72. The minimum atomic E-state index is -3.51. The van der Waals surface area contributed by atoms with Crippen molar-refractivity contribution in [1.29, 1.82) is 0 Å². The molecule has 1 unspecified atom stereocenters. The predicted molar refractivity (Wildman–Crippen MR) is 81.6 cm³/mol. The number of piperazine rings is 1. The zero-order chi connectivity index (χ0) is 15.6. The Morgan fingerprint density at radius 3 is 2.76 bits per heavy atom. The van der Waals surface area contributed by atoms with Gasteiger partial charge in [0, 0.05) is 32.2 Å². The maximum atomic E-state index is 13.0. The zero-order valence-electron chi connectivity index (χ0n) is 13.2. The van der Waals surface area contributed by atoms with Crippen molar-refractivity contribution in [1.82, 2.24) is 24.7 Å². The molecule has 1 saturated heterocycles. The number of rotatable bonds is 5. The van der Waals surface area contributed by atoms with Gasteiger partial charge in [0.1, 0.15) is 4.90 Å². The van der Waals surface area contributed by atoms with Crippen LogP contribution in [-0.4, -0.2) is 67.1 Å². The summed E-state index contributed by atoms with van der Waals surface area (Å²) in [7, 11) is -1.50. The molecule has 0 radical (unpaired) electrons. The summed E-state index contributed by atoms with van der Waals surface area (Å²) in [5.41, 5.74) is 1.18. The third-order valence-electron chi connectivity index (χ3n) is 3.84. The van der Waals surface area contributed by atoms with Crippen molar-refractivity contribution in [3.05, 3.63) is 11.4 Å². The number of likely N-dealkylation sites (N-methyl/N-ethyl adjacent to an activating group) is 1. The summed E-state index contributed by atoms with van der Waals surface area (Å²) < 4.78 is 27.6. The van der Waals surface area contributed by atoms with E-state index in [0.717, 1.165) is 19.6 Å². The van der Waals surface area contributed by atoms with Gasteiger partial charge in [0.05, 0.1) is 11.4 Å². The summed E-state index contributed by atoms with van der Waals surface area (Å²) in [6.45, 7) is 8.94. The molecule has 1 atom stereocenters. The Morgan fingerprint density at radius 2 is 2.14 bits per heavy atom. The molecule has 0 spiro atoms. The molecule has 2 N–H and O–H groups in total. The van der Waals surface area contributed by atoms with Gasteiger partial charge in [-0.15, -0.1) is 0 Å². The standard InChI is InChI=1S/C13H25N5O2S/c1-5-14-8-12-13(11(3)15-16-12)21(19,20)18-7-6-17(4)9-10(18)2/h10,14H,5-9H2,1-4H3,(H,15,16). The Hall–Kier alpha value is -0.960. The van der Waals surface area contributed by atoms with Gasteiger partial charge >= 0.3 is 0 Å². The molecule has 1 aliphatic rings. The first kappa shape index (κ1) is 16.4. The fourth-order valence-electron chi connectivity index (χ4n) is 2.77. The molecule has 0 saturated carbocycles. The van der Waals surface area contributed by atoms with E-state index in [-0.39, 0.29) is 6.04 Å². The van der Waals surface area contributed by atoms with Gasteiger partial charge in [-0.3, -0.25) is 5.10 Å². The van der Waals surface area contributed by atoms with Gasteiger partial charge in [-0.25, -0.2) is 8.42 Å². The number of nitrogens with one attached hydrogen (secondary N) is 2. The van der Waals surface area contributed by atoms with E-state index in [0.29, 0.717) is 29.4 Å². The highest BCUT2D eigenvalue weighted by Gasteiger charge is 2.36. The predicted octanol–water partition coefficient (Wildman–Crippen LogP) is 0.152. The quantitative estimate of drug-likeness (QED) is 0.808. The van der Waals surface area contributed by atoms with Crippen LogP contribution in [0, 0.1) is 6.92 Å². The topological polar surface area (TPSA) is 81.3 Å². The molecule has 21 heavy (non-hydrogen) atoms. The fraction of sp³-hybridized carbons (Fsp3) is 0.769. The van der Waals surface area contributed by atoms with Gasteiger partial charge in [0.25, 0.3) is 0 Å². The van der Waals surface area contributed by atoms with Crippen LogP contribution in [-0.2, 0) is 16.6 Å². The molecule has 1 aliphatic heterocycles. The van der Waals surface area contributed by atoms with Crippen molar-refractivity contribution < 1.29 is 8.42 Å². The normalized spacial score (nSPS) is 21.8. The Bertz CT molecular complexity index is 583. The highest BCUT2D eigenvalue weighted by Crippen LogP contribution is 2.25. The third kappa shape index (κ3) is 3.28. The highest BCUT2D eigenvalue weighted by molar-refractivity contribution is 7.89. The second-order valence-corrected chi connectivity index (χ2v) is 7.46. The monoisotopic (exact) mass is 315 g/mol. The highest BCUT2D eigenvalue weighted by atomic mass is 32.2. The minimum Gasteiger partial charge on any atom is -0.311 e. The van der Waals surface area contributed by atoms with Crippen molar-refractivity contribution in [3.8, 4) is 0 Å². The molecule has 8 heteroatoms. The van der Waals surface area contributed by atoms with Gasteiger partial charge in [-0.2, -0.15) is 9.40 Å². The smallest absolute Gasteiger partial charge is 0.247 e. The third-order valence-corrected chi connectivity index (χ3v) is 6.06. The molecule has 1 fully saturated rings. The van der Waals surface area contributed by atoms with Crippen molar-refractivity contribution in [2.45, 2.75) is 38.3 Å². The largest absolute Gasteiger partial charge is 0.311 e. The van der Waals surface area contributed by atoms with Crippen molar-refractivity contribution in [3.63, 3.8) is 0 Å². The molecule has 0 aliphatic carbocycles. The number of nitrogens with zero attached hydrogens (tertiary/aromatic N) is 3. The molecular weight excluding hydrogens is 290 g/mol. The van der Waals surface area contributed by atoms with E-state index in [1.165, 1.54) is 0 Å². The van der Waals surface area contributed by atoms with E-state index in [1.54, 1.807) is 11.2 Å². The molecule has 1 aromatic heterocycles. The minimum absolute atomic E-state index is 0.0324. The van der Waals surface area contributed by atoms with E-state index < -0.39 is 10.0 Å². The maximum Gasteiger partial charge on any atom is 0.247 e. The van der Waals surface area contributed by atoms with Crippen LogP contribution in [0.5, 0.6) is 0 Å². The average Bonchev–Trinajstić information content (AvgIpc) is 2.77. The second kappa shape index (κ2) is 6.43. The number of hydrogen-bond donors (Lipinski definition) is 2. The van der Waals surface area contributed by atoms with Gasteiger partial charge in [0.2, 0.25) is 10.0 Å². The first-order valence-electron chi connectivity index (χ1n) is 7.32. The summed E-state index contributed by atoms with van der Waals surface area (Å²) >= 11 is 0. The van der Waals surface area contributed by atoms with E-state index in [9.17, 15) is 8.42 Å². The molecule has 1 aromatic rings. The van der Waals surface area contributed by atoms with Gasteiger partial charge in [0.15, 0.2) is 0 Å². The van der Waals surface area contributed by atoms with Crippen LogP contribution < -0.4 is 5.32 Å². The van der Waals surface area contributed by atoms with Crippen LogP contribution in [0.25, 0.3) is 0 Å². The number of aromatic amines is 1. The number of sulfonamides is 1. The molecule has 2 rings (SSSR count). The van der Waals surface area contributed by atoms with E-state index in [4.69, 9.17) is 0 Å². The van der Waals surface area contributed by atoms with Crippen LogP contribution in [0.3, 0.4) is 0 Å². The Kier molecular flexibility index (Phi) is 5.03. The number of aromatic nitrogens is 2. The summed E-state index contributed by atoms with van der Waals surface area (Å²) in [5.74, 6) is 0. The van der Waals surface area contributed by atoms with Crippen molar-refractivity contribution >= 4 is 10.0 Å². The Labute approximate surface area is 126 Å². The maximum absolute atomic E-state index is 13.0. The van der Waals surface area contributed by atoms with E-state index >= 15 is 0 Å². The van der Waals surface area contributed by atoms with E-state index in [1.807, 2.05) is 20.9 Å². The number of H-pyrrole nitrogens is 1. The van der Waals surface area contributed by atoms with Gasteiger partial charge < -0.3 is 10.2 Å². The van der Waals surface area contributed by atoms with E-state index in [2.05, 4.69) is 20.4 Å². The van der Waals surface area contributed by atoms with Crippen LogP contribution in [0.2, 0.25) is 0 Å². The van der Waals surface area contributed by atoms with Crippen LogP contribution >= 0.6 is 0 Å². The van der Waals surface area contributed by atoms with Crippen molar-refractivity contribution in [2.24, 2.45) is 0 Å². The summed E-state index contributed by atoms with van der Waals surface area (Å²) in [5, 5.41) is 10.1. The molecule has 2 heterocycles. The summed E-state index contributed by atoms with van der Waals surface area (Å²) in [6, 6.07) is -0.0324. The zero-order valence-corrected chi connectivity index (χ0v) is 14.0. The Morgan fingerprint density at radius 1 is 1.43 bits per heavy atom. The van der Waals surface area contributed by atoms with Gasteiger partial charge in [-0.05, 0) is 27.4 Å².